The van der Waals surface area contributed by atoms with Crippen LogP contribution in [0.1, 0.15) is 13.8 Å². The maximum absolute atomic E-state index is 4.75. The zero-order valence-corrected chi connectivity index (χ0v) is 12.8. The molecular formula is C16H23N5. The second-order valence-corrected chi connectivity index (χ2v) is 5.34. The van der Waals surface area contributed by atoms with Crippen LogP contribution < -0.4 is 10.2 Å². The van der Waals surface area contributed by atoms with Crippen LogP contribution in [-0.4, -0.2) is 54.1 Å². The summed E-state index contributed by atoms with van der Waals surface area (Å²) >= 11 is 0. The van der Waals surface area contributed by atoms with Crippen LogP contribution in [0.5, 0.6) is 0 Å². The number of nitrogens with zero attached hydrogens (tertiary/aromatic N) is 4. The quantitative estimate of drug-likeness (QED) is 0.933. The normalized spacial score (nSPS) is 16.4. The summed E-state index contributed by atoms with van der Waals surface area (Å²) in [5.41, 5.74) is 1.01. The summed E-state index contributed by atoms with van der Waals surface area (Å²) in [7, 11) is 0. The smallest absolute Gasteiger partial charge is 0.225 e. The fourth-order valence-corrected chi connectivity index (χ4v) is 2.81. The Morgan fingerprint density at radius 2 is 1.81 bits per heavy atom. The molecule has 5 nitrogen and oxygen atoms in total. The highest BCUT2D eigenvalue weighted by Gasteiger charge is 2.19. The van der Waals surface area contributed by atoms with Crippen molar-refractivity contribution in [3.8, 4) is 0 Å². The minimum absolute atomic E-state index is 0.726. The van der Waals surface area contributed by atoms with Gasteiger partial charge in [0, 0.05) is 38.1 Å². The van der Waals surface area contributed by atoms with Crippen molar-refractivity contribution >= 4 is 22.7 Å². The van der Waals surface area contributed by atoms with Gasteiger partial charge in [0.05, 0.1) is 5.52 Å². The molecule has 0 saturated carbocycles. The first-order valence-corrected chi connectivity index (χ1v) is 7.79. The number of hydrogen-bond acceptors (Lipinski definition) is 5. The molecule has 5 heteroatoms. The van der Waals surface area contributed by atoms with Crippen LogP contribution in [0, 0.1) is 0 Å². The van der Waals surface area contributed by atoms with Gasteiger partial charge in [-0.1, -0.05) is 19.1 Å². The lowest BCUT2D eigenvalue weighted by Crippen LogP contribution is -2.46. The maximum Gasteiger partial charge on any atom is 0.225 e. The van der Waals surface area contributed by atoms with E-state index >= 15 is 0 Å². The molecule has 1 aromatic carbocycles. The average molecular weight is 285 g/mol. The van der Waals surface area contributed by atoms with Gasteiger partial charge in [0.1, 0.15) is 5.82 Å². The van der Waals surface area contributed by atoms with Crippen LogP contribution in [0.25, 0.3) is 10.9 Å². The molecule has 0 unspecified atom stereocenters. The van der Waals surface area contributed by atoms with Gasteiger partial charge < -0.3 is 15.1 Å². The molecule has 0 spiro atoms. The number of benzene rings is 1. The van der Waals surface area contributed by atoms with Gasteiger partial charge in [0.15, 0.2) is 0 Å². The molecule has 2 heterocycles. The number of hydrogen-bond donors (Lipinski definition) is 1. The summed E-state index contributed by atoms with van der Waals surface area (Å²) in [5, 5.41) is 4.38. The Balaban J connectivity index is 1.96. The highest BCUT2D eigenvalue weighted by atomic mass is 15.3. The highest BCUT2D eigenvalue weighted by molar-refractivity contribution is 5.90. The van der Waals surface area contributed by atoms with Crippen molar-refractivity contribution in [1.82, 2.24) is 14.9 Å². The highest BCUT2D eigenvalue weighted by Crippen LogP contribution is 2.26. The van der Waals surface area contributed by atoms with Gasteiger partial charge in [0.25, 0.3) is 0 Å². The Hall–Kier alpha value is -1.88. The molecule has 3 rings (SSSR count). The molecule has 1 fully saturated rings. The molecule has 0 atom stereocenters. The van der Waals surface area contributed by atoms with Crippen LogP contribution in [0.3, 0.4) is 0 Å². The van der Waals surface area contributed by atoms with Crippen molar-refractivity contribution in [3.05, 3.63) is 24.3 Å². The van der Waals surface area contributed by atoms with Crippen LogP contribution in [0.15, 0.2) is 24.3 Å². The van der Waals surface area contributed by atoms with Crippen molar-refractivity contribution in [2.75, 3.05) is 49.5 Å². The third-order valence-corrected chi connectivity index (χ3v) is 4.04. The van der Waals surface area contributed by atoms with Gasteiger partial charge in [0.2, 0.25) is 5.95 Å². The molecule has 0 bridgehead atoms. The fourth-order valence-electron chi connectivity index (χ4n) is 2.81. The van der Waals surface area contributed by atoms with Gasteiger partial charge >= 0.3 is 0 Å². The maximum atomic E-state index is 4.75. The molecule has 0 radical (unpaired) electrons. The molecular weight excluding hydrogens is 262 g/mol. The van der Waals surface area contributed by atoms with E-state index in [2.05, 4.69) is 52.1 Å². The SMILES string of the molecule is CCNc1nc(N2CCN(CC)CC2)c2ccccc2n1. The Morgan fingerprint density at radius 1 is 1.05 bits per heavy atom. The van der Waals surface area contributed by atoms with Crippen molar-refractivity contribution in [2.45, 2.75) is 13.8 Å². The summed E-state index contributed by atoms with van der Waals surface area (Å²) in [6, 6.07) is 8.27. The molecule has 1 aromatic heterocycles. The summed E-state index contributed by atoms with van der Waals surface area (Å²) in [6.45, 7) is 10.5. The number of nitrogens with one attached hydrogen (secondary N) is 1. The number of anilines is 2. The number of fused-ring (bicyclic) bond motifs is 1. The molecule has 1 aliphatic heterocycles. The topological polar surface area (TPSA) is 44.3 Å². The van der Waals surface area contributed by atoms with E-state index in [0.717, 1.165) is 61.9 Å². The van der Waals surface area contributed by atoms with E-state index in [1.54, 1.807) is 0 Å². The number of piperazine rings is 1. The Morgan fingerprint density at radius 3 is 2.52 bits per heavy atom. The van der Waals surface area contributed by atoms with Gasteiger partial charge in [-0.15, -0.1) is 0 Å². The first-order chi connectivity index (χ1) is 10.3. The van der Waals surface area contributed by atoms with Gasteiger partial charge in [-0.2, -0.15) is 4.98 Å². The second-order valence-electron chi connectivity index (χ2n) is 5.34. The minimum atomic E-state index is 0.726. The van der Waals surface area contributed by atoms with Crippen molar-refractivity contribution in [2.24, 2.45) is 0 Å². The molecule has 21 heavy (non-hydrogen) atoms. The first kappa shape index (κ1) is 14.1. The molecule has 112 valence electrons. The number of aromatic nitrogens is 2. The van der Waals surface area contributed by atoms with Crippen molar-refractivity contribution < 1.29 is 0 Å². The van der Waals surface area contributed by atoms with Crippen molar-refractivity contribution in [1.29, 1.82) is 0 Å². The second kappa shape index (κ2) is 6.26. The van der Waals surface area contributed by atoms with Crippen LogP contribution in [0.2, 0.25) is 0 Å². The van der Waals surface area contributed by atoms with Crippen molar-refractivity contribution in [3.63, 3.8) is 0 Å². The van der Waals surface area contributed by atoms with E-state index in [9.17, 15) is 0 Å². The van der Waals surface area contributed by atoms with Crippen LogP contribution in [-0.2, 0) is 0 Å². The van der Waals surface area contributed by atoms with E-state index in [-0.39, 0.29) is 0 Å². The third kappa shape index (κ3) is 2.93. The largest absolute Gasteiger partial charge is 0.354 e. The van der Waals surface area contributed by atoms with Crippen LogP contribution in [0.4, 0.5) is 11.8 Å². The average Bonchev–Trinajstić information content (AvgIpc) is 2.54. The molecule has 0 amide bonds. The zero-order chi connectivity index (χ0) is 14.7. The summed E-state index contributed by atoms with van der Waals surface area (Å²) in [5.74, 6) is 1.79. The summed E-state index contributed by atoms with van der Waals surface area (Å²) < 4.78 is 0. The molecule has 0 aliphatic carbocycles. The van der Waals surface area contributed by atoms with Crippen LogP contribution >= 0.6 is 0 Å². The predicted octanol–water partition coefficient (Wildman–Crippen LogP) is 2.20. The van der Waals surface area contributed by atoms with E-state index < -0.39 is 0 Å². The van der Waals surface area contributed by atoms with E-state index in [1.165, 1.54) is 0 Å². The third-order valence-electron chi connectivity index (χ3n) is 4.04. The number of likely N-dealkylation sites (N-methyl/N-ethyl adjacent to an activating group) is 1. The lowest BCUT2D eigenvalue weighted by molar-refractivity contribution is 0.271. The molecule has 1 N–H and O–H groups in total. The molecule has 1 aliphatic rings. The molecule has 1 saturated heterocycles. The van der Waals surface area contributed by atoms with Gasteiger partial charge in [-0.25, -0.2) is 4.98 Å². The fraction of sp³-hybridized carbons (Fsp3) is 0.500. The zero-order valence-electron chi connectivity index (χ0n) is 12.8. The number of para-hydroxylation sites is 1. The Bertz CT molecular complexity index is 605. The molecule has 2 aromatic rings. The van der Waals surface area contributed by atoms with E-state index in [0.29, 0.717) is 0 Å². The van der Waals surface area contributed by atoms with E-state index in [1.807, 2.05) is 6.07 Å². The van der Waals surface area contributed by atoms with Gasteiger partial charge in [-0.3, -0.25) is 0 Å². The first-order valence-electron chi connectivity index (χ1n) is 7.79. The Labute approximate surface area is 126 Å². The Kier molecular flexibility index (Phi) is 4.20. The summed E-state index contributed by atoms with van der Waals surface area (Å²) in [6.07, 6.45) is 0. The standard InChI is InChI=1S/C16H23N5/c1-3-17-16-18-14-8-6-5-7-13(14)15(19-16)21-11-9-20(4-2)10-12-21/h5-8H,3-4,9-12H2,1-2H3,(H,17,18,19). The monoisotopic (exact) mass is 285 g/mol. The lowest BCUT2D eigenvalue weighted by Gasteiger charge is -2.35. The van der Waals surface area contributed by atoms with Gasteiger partial charge in [-0.05, 0) is 25.6 Å². The number of rotatable bonds is 4. The van der Waals surface area contributed by atoms with E-state index in [4.69, 9.17) is 4.98 Å². The summed E-state index contributed by atoms with van der Waals surface area (Å²) in [4.78, 5) is 14.2. The minimum Gasteiger partial charge on any atom is -0.354 e. The lowest BCUT2D eigenvalue weighted by atomic mass is 10.2. The predicted molar refractivity (Wildman–Crippen MR) is 88.0 cm³/mol.